The highest BCUT2D eigenvalue weighted by Gasteiger charge is 2.42. The molecule has 1 aromatic rings. The summed E-state index contributed by atoms with van der Waals surface area (Å²) < 4.78 is 11.6. The van der Waals surface area contributed by atoms with E-state index in [1.165, 1.54) is 0 Å². The molecule has 0 spiro atoms. The number of carbonyl (C=O) groups is 2. The van der Waals surface area contributed by atoms with Crippen LogP contribution in [0.3, 0.4) is 0 Å². The lowest BCUT2D eigenvalue weighted by molar-refractivity contribution is -0.142. The van der Waals surface area contributed by atoms with E-state index in [0.717, 1.165) is 0 Å². The van der Waals surface area contributed by atoms with E-state index in [-0.39, 0.29) is 34.3 Å². The molecule has 2 N–H and O–H groups in total. The monoisotopic (exact) mass is 413 g/mol. The number of phenols is 1. The number of ether oxygens (including phenoxy) is 2. The van der Waals surface area contributed by atoms with Gasteiger partial charge in [0.15, 0.2) is 11.6 Å². The van der Waals surface area contributed by atoms with Crippen molar-refractivity contribution in [2.24, 2.45) is 0 Å². The molecule has 0 aromatic heterocycles. The Morgan fingerprint density at radius 2 is 1.83 bits per heavy atom. The SMILES string of the molecule is CC1=CC2=C(C(=O)c3c(ccc(C4CC(N(C)C)C(O)C(C)O4)c3O)C2=O)C(C)O1. The van der Waals surface area contributed by atoms with Crippen LogP contribution >= 0.6 is 0 Å². The molecule has 1 saturated heterocycles. The molecule has 1 fully saturated rings. The number of allylic oxidation sites excluding steroid dienone is 3. The maximum Gasteiger partial charge on any atom is 0.197 e. The van der Waals surface area contributed by atoms with Gasteiger partial charge in [0.1, 0.15) is 11.9 Å². The fourth-order valence-electron chi connectivity index (χ4n) is 4.72. The standard InChI is InChI=1S/C23H27NO6/c1-10-8-15-18(11(2)29-10)23(28)19-14(21(15)26)7-6-13(22(19)27)17-9-16(24(4)5)20(25)12(3)30-17/h6-8,11-12,16-17,20,25,27H,9H2,1-5H3. The van der Waals surface area contributed by atoms with Gasteiger partial charge >= 0.3 is 0 Å². The summed E-state index contributed by atoms with van der Waals surface area (Å²) in [7, 11) is 3.76. The van der Waals surface area contributed by atoms with Crippen LogP contribution in [0.25, 0.3) is 0 Å². The van der Waals surface area contributed by atoms with E-state index in [1.54, 1.807) is 39.0 Å². The number of ketones is 2. The van der Waals surface area contributed by atoms with Gasteiger partial charge in [-0.3, -0.25) is 9.59 Å². The van der Waals surface area contributed by atoms with Crippen molar-refractivity contribution in [3.05, 3.63) is 51.8 Å². The van der Waals surface area contributed by atoms with Gasteiger partial charge in [0, 0.05) is 22.7 Å². The van der Waals surface area contributed by atoms with Crippen LogP contribution in [-0.4, -0.2) is 65.1 Å². The topological polar surface area (TPSA) is 96.3 Å². The van der Waals surface area contributed by atoms with Gasteiger partial charge in [0.05, 0.1) is 35.2 Å². The Kier molecular flexibility index (Phi) is 5.08. The number of aliphatic hydroxyl groups is 1. The van der Waals surface area contributed by atoms with E-state index in [0.29, 0.717) is 23.3 Å². The summed E-state index contributed by atoms with van der Waals surface area (Å²) in [6.45, 7) is 5.24. The Hall–Kier alpha value is -2.48. The number of phenolic OH excluding ortho intramolecular Hbond substituents is 1. The first-order chi connectivity index (χ1) is 14.1. The van der Waals surface area contributed by atoms with Crippen molar-refractivity contribution in [1.82, 2.24) is 4.90 Å². The summed E-state index contributed by atoms with van der Waals surface area (Å²) in [6, 6.07) is 3.06. The number of hydrogen-bond acceptors (Lipinski definition) is 7. The number of Topliss-reactive ketones (excluding diaryl/α,β-unsaturated/α-hetero) is 2. The molecule has 0 amide bonds. The first-order valence-electron chi connectivity index (χ1n) is 10.2. The van der Waals surface area contributed by atoms with Crippen LogP contribution in [-0.2, 0) is 9.47 Å². The summed E-state index contributed by atoms with van der Waals surface area (Å²) in [4.78, 5) is 28.3. The predicted molar refractivity (Wildman–Crippen MR) is 109 cm³/mol. The maximum atomic E-state index is 13.3. The van der Waals surface area contributed by atoms with Crippen molar-refractivity contribution in [2.75, 3.05) is 14.1 Å². The molecule has 1 aromatic carbocycles. The van der Waals surface area contributed by atoms with Crippen LogP contribution in [0, 0.1) is 0 Å². The first kappa shape index (κ1) is 20.8. The zero-order chi connectivity index (χ0) is 21.9. The maximum absolute atomic E-state index is 13.3. The molecule has 160 valence electrons. The number of likely N-dealkylation sites (N-methyl/N-ethyl adjacent to an activating group) is 1. The minimum Gasteiger partial charge on any atom is -0.507 e. The number of carbonyl (C=O) groups excluding carboxylic acids is 2. The van der Waals surface area contributed by atoms with E-state index >= 15 is 0 Å². The molecule has 7 heteroatoms. The number of aliphatic hydroxyl groups excluding tert-OH is 1. The molecule has 2 heterocycles. The molecule has 4 rings (SSSR count). The number of nitrogens with zero attached hydrogens (tertiary/aromatic N) is 1. The largest absolute Gasteiger partial charge is 0.507 e. The highest BCUT2D eigenvalue weighted by atomic mass is 16.5. The van der Waals surface area contributed by atoms with Gasteiger partial charge in [-0.05, 0) is 53.4 Å². The minimum absolute atomic E-state index is 0.00318. The molecule has 0 saturated carbocycles. The van der Waals surface area contributed by atoms with Crippen LogP contribution in [0.15, 0.2) is 35.1 Å². The van der Waals surface area contributed by atoms with Gasteiger partial charge < -0.3 is 24.6 Å². The quantitative estimate of drug-likeness (QED) is 0.769. The average molecular weight is 413 g/mol. The van der Waals surface area contributed by atoms with Crippen LogP contribution < -0.4 is 0 Å². The van der Waals surface area contributed by atoms with E-state index < -0.39 is 30.2 Å². The second-order valence-electron chi connectivity index (χ2n) is 8.51. The highest BCUT2D eigenvalue weighted by molar-refractivity contribution is 6.29. The van der Waals surface area contributed by atoms with Gasteiger partial charge in [-0.25, -0.2) is 0 Å². The Morgan fingerprint density at radius 1 is 1.13 bits per heavy atom. The molecular formula is C23H27NO6. The van der Waals surface area contributed by atoms with Crippen LogP contribution in [0.5, 0.6) is 5.75 Å². The molecule has 5 unspecified atom stereocenters. The van der Waals surface area contributed by atoms with E-state index in [4.69, 9.17) is 9.47 Å². The molecule has 3 aliphatic rings. The zero-order valence-corrected chi connectivity index (χ0v) is 17.8. The lowest BCUT2D eigenvalue weighted by atomic mass is 9.79. The third kappa shape index (κ3) is 3.09. The van der Waals surface area contributed by atoms with Gasteiger partial charge in [-0.2, -0.15) is 0 Å². The smallest absolute Gasteiger partial charge is 0.197 e. The molecule has 0 bridgehead atoms. The number of aromatic hydroxyl groups is 1. The second-order valence-corrected chi connectivity index (χ2v) is 8.51. The second kappa shape index (κ2) is 7.34. The Bertz CT molecular complexity index is 992. The van der Waals surface area contributed by atoms with Gasteiger partial charge in [0.25, 0.3) is 0 Å². The average Bonchev–Trinajstić information content (AvgIpc) is 2.67. The van der Waals surface area contributed by atoms with Crippen LogP contribution in [0.1, 0.15) is 59.6 Å². The van der Waals surface area contributed by atoms with Gasteiger partial charge in [0.2, 0.25) is 0 Å². The molecule has 7 nitrogen and oxygen atoms in total. The number of benzene rings is 1. The Labute approximate surface area is 175 Å². The number of hydrogen-bond donors (Lipinski definition) is 2. The Balaban J connectivity index is 1.78. The molecule has 2 aliphatic heterocycles. The van der Waals surface area contributed by atoms with Crippen molar-refractivity contribution in [3.8, 4) is 5.75 Å². The summed E-state index contributed by atoms with van der Waals surface area (Å²) in [5.41, 5.74) is 1.23. The lowest BCUT2D eigenvalue weighted by Crippen LogP contribution is -2.50. The fraction of sp³-hybridized carbons (Fsp3) is 0.478. The first-order valence-corrected chi connectivity index (χ1v) is 10.2. The van der Waals surface area contributed by atoms with Gasteiger partial charge in [-0.15, -0.1) is 0 Å². The third-order valence-corrected chi connectivity index (χ3v) is 6.30. The van der Waals surface area contributed by atoms with Gasteiger partial charge in [-0.1, -0.05) is 6.07 Å². The zero-order valence-electron chi connectivity index (χ0n) is 17.8. The van der Waals surface area contributed by atoms with Crippen molar-refractivity contribution in [1.29, 1.82) is 0 Å². The summed E-state index contributed by atoms with van der Waals surface area (Å²) in [5.74, 6) is -0.356. The summed E-state index contributed by atoms with van der Waals surface area (Å²) >= 11 is 0. The van der Waals surface area contributed by atoms with E-state index in [9.17, 15) is 19.8 Å². The Morgan fingerprint density at radius 3 is 2.50 bits per heavy atom. The molecule has 1 aliphatic carbocycles. The molecule has 30 heavy (non-hydrogen) atoms. The highest BCUT2D eigenvalue weighted by Crippen LogP contribution is 2.43. The molecular weight excluding hydrogens is 386 g/mol. The van der Waals surface area contributed by atoms with Crippen molar-refractivity contribution in [2.45, 2.75) is 57.6 Å². The number of rotatable bonds is 2. The van der Waals surface area contributed by atoms with Crippen LogP contribution in [0.4, 0.5) is 0 Å². The predicted octanol–water partition coefficient (Wildman–Crippen LogP) is 2.53. The van der Waals surface area contributed by atoms with Crippen LogP contribution in [0.2, 0.25) is 0 Å². The lowest BCUT2D eigenvalue weighted by Gasteiger charge is -2.41. The van der Waals surface area contributed by atoms with Crippen molar-refractivity contribution >= 4 is 11.6 Å². The summed E-state index contributed by atoms with van der Waals surface area (Å²) in [6.07, 6.45) is -0.167. The number of fused-ring (bicyclic) bond motifs is 1. The molecule has 0 radical (unpaired) electrons. The normalized spacial score (nSPS) is 31.3. The molecule has 5 atom stereocenters. The fourth-order valence-corrected chi connectivity index (χ4v) is 4.72. The van der Waals surface area contributed by atoms with E-state index in [1.807, 2.05) is 19.0 Å². The minimum atomic E-state index is -0.665. The van der Waals surface area contributed by atoms with E-state index in [2.05, 4.69) is 0 Å². The van der Waals surface area contributed by atoms with Crippen molar-refractivity contribution < 1.29 is 29.3 Å². The summed E-state index contributed by atoms with van der Waals surface area (Å²) in [5, 5.41) is 21.5. The van der Waals surface area contributed by atoms with Crippen molar-refractivity contribution in [3.63, 3.8) is 0 Å². The third-order valence-electron chi connectivity index (χ3n) is 6.30.